The van der Waals surface area contributed by atoms with E-state index in [1.807, 2.05) is 49.4 Å². The van der Waals surface area contributed by atoms with Crippen molar-refractivity contribution in [3.63, 3.8) is 0 Å². The van der Waals surface area contributed by atoms with E-state index >= 15 is 0 Å². The number of rotatable bonds is 8. The number of anilines is 1. The molecule has 8 heteroatoms. The summed E-state index contributed by atoms with van der Waals surface area (Å²) in [5, 5.41) is 0. The van der Waals surface area contributed by atoms with Gasteiger partial charge in [-0.2, -0.15) is 13.2 Å². The Morgan fingerprint density at radius 2 is 1.83 bits per heavy atom. The van der Waals surface area contributed by atoms with Crippen LogP contribution in [0.2, 0.25) is 0 Å². The second kappa shape index (κ2) is 10.7. The molecule has 2 heterocycles. The molecule has 4 aromatic rings. The molecule has 0 radical (unpaired) electrons. The average molecular weight is 495 g/mol. The molecule has 186 valence electrons. The topological polar surface area (TPSA) is 55.6 Å². The van der Waals surface area contributed by atoms with Crippen LogP contribution in [-0.4, -0.2) is 17.5 Å². The standard InChI is InChI=1S/C28H25F3N2O3/c1-19-16-22(23-7-5-14-32-17-23)9-11-26(19)35-15-13-21-6-3-4-8-25(21)33(20(2)34)18-24-10-12-27(36-24)28(29,30)31/h3-12,14,16-17H,13,15,18H2,1-2H3. The molecule has 0 atom stereocenters. The number of aromatic nitrogens is 1. The van der Waals surface area contributed by atoms with Crippen molar-refractivity contribution in [2.45, 2.75) is 33.0 Å². The van der Waals surface area contributed by atoms with Gasteiger partial charge in [0.2, 0.25) is 11.7 Å². The molecule has 0 aliphatic carbocycles. The monoisotopic (exact) mass is 494 g/mol. The van der Waals surface area contributed by atoms with Gasteiger partial charge in [0.05, 0.1) is 13.2 Å². The summed E-state index contributed by atoms with van der Waals surface area (Å²) in [6.07, 6.45) is -0.550. The number of ether oxygens (including phenoxy) is 1. The Morgan fingerprint density at radius 3 is 2.50 bits per heavy atom. The van der Waals surface area contributed by atoms with E-state index in [1.165, 1.54) is 17.9 Å². The SMILES string of the molecule is CC(=O)N(Cc1ccc(C(F)(F)F)o1)c1ccccc1CCOc1ccc(-c2cccnc2)cc1C. The maximum Gasteiger partial charge on any atom is 0.449 e. The van der Waals surface area contributed by atoms with Crippen molar-refractivity contribution in [2.75, 3.05) is 11.5 Å². The molecular weight excluding hydrogens is 469 g/mol. The average Bonchev–Trinajstić information content (AvgIpc) is 3.34. The van der Waals surface area contributed by atoms with Gasteiger partial charge in [0.15, 0.2) is 0 Å². The molecule has 36 heavy (non-hydrogen) atoms. The van der Waals surface area contributed by atoms with Crippen molar-refractivity contribution in [3.8, 4) is 16.9 Å². The highest BCUT2D eigenvalue weighted by atomic mass is 19.4. The Hall–Kier alpha value is -4.07. The minimum absolute atomic E-state index is 0.0490. The summed E-state index contributed by atoms with van der Waals surface area (Å²) in [6, 6.07) is 19.2. The fourth-order valence-electron chi connectivity index (χ4n) is 3.92. The smallest absolute Gasteiger partial charge is 0.449 e. The van der Waals surface area contributed by atoms with Crippen molar-refractivity contribution in [1.29, 1.82) is 0 Å². The van der Waals surface area contributed by atoms with E-state index in [2.05, 4.69) is 4.98 Å². The summed E-state index contributed by atoms with van der Waals surface area (Å²) in [7, 11) is 0. The minimum Gasteiger partial charge on any atom is -0.493 e. The Balaban J connectivity index is 1.46. The first-order valence-electron chi connectivity index (χ1n) is 11.4. The third kappa shape index (κ3) is 5.94. The third-order valence-electron chi connectivity index (χ3n) is 5.72. The van der Waals surface area contributed by atoms with Gasteiger partial charge in [0.25, 0.3) is 0 Å². The second-order valence-corrected chi connectivity index (χ2v) is 8.32. The Kier molecular flexibility index (Phi) is 7.43. The number of pyridine rings is 1. The number of hydrogen-bond donors (Lipinski definition) is 0. The Morgan fingerprint density at radius 1 is 1.03 bits per heavy atom. The first-order valence-corrected chi connectivity index (χ1v) is 11.4. The molecule has 2 aromatic carbocycles. The molecule has 0 aliphatic rings. The van der Waals surface area contributed by atoms with Crippen molar-refractivity contribution >= 4 is 11.6 Å². The Labute approximate surface area is 207 Å². The number of halogens is 3. The number of para-hydroxylation sites is 1. The lowest BCUT2D eigenvalue weighted by Crippen LogP contribution is -2.28. The van der Waals surface area contributed by atoms with Crippen molar-refractivity contribution < 1.29 is 27.1 Å². The number of hydrogen-bond acceptors (Lipinski definition) is 4. The number of benzene rings is 2. The molecule has 5 nitrogen and oxygen atoms in total. The van der Waals surface area contributed by atoms with Crippen LogP contribution in [0.4, 0.5) is 18.9 Å². The van der Waals surface area contributed by atoms with Crippen molar-refractivity contribution in [1.82, 2.24) is 4.98 Å². The highest BCUT2D eigenvalue weighted by molar-refractivity contribution is 5.92. The molecule has 0 saturated carbocycles. The molecule has 0 N–H and O–H groups in total. The van der Waals surface area contributed by atoms with Crippen molar-refractivity contribution in [2.24, 2.45) is 0 Å². The maximum atomic E-state index is 12.9. The van der Waals surface area contributed by atoms with E-state index in [4.69, 9.17) is 9.15 Å². The zero-order valence-electron chi connectivity index (χ0n) is 19.9. The minimum atomic E-state index is -4.58. The summed E-state index contributed by atoms with van der Waals surface area (Å²) in [4.78, 5) is 18.0. The first kappa shape index (κ1) is 25.0. The number of carbonyl (C=O) groups excluding carboxylic acids is 1. The van der Waals surface area contributed by atoms with Gasteiger partial charge in [-0.3, -0.25) is 9.78 Å². The van der Waals surface area contributed by atoms with Crippen LogP contribution in [-0.2, 0) is 23.9 Å². The van der Waals surface area contributed by atoms with Crippen LogP contribution < -0.4 is 9.64 Å². The molecular formula is C28H25F3N2O3. The number of aryl methyl sites for hydroxylation is 1. The van der Waals surface area contributed by atoms with Gasteiger partial charge in [-0.15, -0.1) is 0 Å². The normalized spacial score (nSPS) is 11.4. The Bertz CT molecular complexity index is 1330. The summed E-state index contributed by atoms with van der Waals surface area (Å²) >= 11 is 0. The molecule has 1 amide bonds. The lowest BCUT2D eigenvalue weighted by molar-refractivity contribution is -0.153. The van der Waals surface area contributed by atoms with E-state index in [9.17, 15) is 18.0 Å². The van der Waals surface area contributed by atoms with Crippen LogP contribution >= 0.6 is 0 Å². The summed E-state index contributed by atoms with van der Waals surface area (Å²) in [6.45, 7) is 3.58. The van der Waals surface area contributed by atoms with Gasteiger partial charge in [-0.1, -0.05) is 30.3 Å². The van der Waals surface area contributed by atoms with Crippen LogP contribution in [0.15, 0.2) is 83.5 Å². The van der Waals surface area contributed by atoms with E-state index in [0.717, 1.165) is 34.1 Å². The van der Waals surface area contributed by atoms with Crippen molar-refractivity contribution in [3.05, 3.63) is 102 Å². The molecule has 0 saturated heterocycles. The number of nitrogens with zero attached hydrogens (tertiary/aromatic N) is 2. The van der Waals surface area contributed by atoms with E-state index in [0.29, 0.717) is 18.7 Å². The van der Waals surface area contributed by atoms with Crippen LogP contribution in [0, 0.1) is 6.92 Å². The van der Waals surface area contributed by atoms with Gasteiger partial charge in [-0.05, 0) is 60.0 Å². The van der Waals surface area contributed by atoms with E-state index in [-0.39, 0.29) is 18.2 Å². The van der Waals surface area contributed by atoms with Gasteiger partial charge < -0.3 is 14.1 Å². The predicted octanol–water partition coefficient (Wildman–Crippen LogP) is 6.84. The van der Waals surface area contributed by atoms with Gasteiger partial charge in [-0.25, -0.2) is 0 Å². The lowest BCUT2D eigenvalue weighted by atomic mass is 10.0. The molecule has 0 bridgehead atoms. The van der Waals surface area contributed by atoms with Gasteiger partial charge >= 0.3 is 6.18 Å². The summed E-state index contributed by atoms with van der Waals surface area (Å²) < 4.78 is 49.7. The quantitative estimate of drug-likeness (QED) is 0.269. The summed E-state index contributed by atoms with van der Waals surface area (Å²) in [5.41, 5.74) is 4.47. The van der Waals surface area contributed by atoms with E-state index in [1.54, 1.807) is 24.5 Å². The number of amides is 1. The highest BCUT2D eigenvalue weighted by Gasteiger charge is 2.35. The fourth-order valence-corrected chi connectivity index (χ4v) is 3.92. The van der Waals surface area contributed by atoms with Gasteiger partial charge in [0, 0.05) is 37.0 Å². The number of alkyl halides is 3. The van der Waals surface area contributed by atoms with E-state index < -0.39 is 11.9 Å². The van der Waals surface area contributed by atoms with Crippen LogP contribution in [0.3, 0.4) is 0 Å². The molecule has 0 fully saturated rings. The third-order valence-corrected chi connectivity index (χ3v) is 5.72. The zero-order valence-corrected chi connectivity index (χ0v) is 19.9. The fraction of sp³-hybridized carbons (Fsp3) is 0.214. The highest BCUT2D eigenvalue weighted by Crippen LogP contribution is 2.32. The molecule has 4 rings (SSSR count). The maximum absolute atomic E-state index is 12.9. The van der Waals surface area contributed by atoms with Crippen LogP contribution in [0.5, 0.6) is 5.75 Å². The molecule has 2 aromatic heterocycles. The zero-order chi connectivity index (χ0) is 25.7. The summed E-state index contributed by atoms with van der Waals surface area (Å²) in [5.74, 6) is -0.602. The largest absolute Gasteiger partial charge is 0.493 e. The number of carbonyl (C=O) groups is 1. The predicted molar refractivity (Wildman–Crippen MR) is 131 cm³/mol. The van der Waals surface area contributed by atoms with Gasteiger partial charge in [0.1, 0.15) is 11.5 Å². The van der Waals surface area contributed by atoms with Crippen LogP contribution in [0.1, 0.15) is 29.6 Å². The second-order valence-electron chi connectivity index (χ2n) is 8.32. The molecule has 0 aliphatic heterocycles. The van der Waals surface area contributed by atoms with Crippen LogP contribution in [0.25, 0.3) is 11.1 Å². The number of furan rings is 1. The lowest BCUT2D eigenvalue weighted by Gasteiger charge is -2.23. The first-order chi connectivity index (χ1) is 17.2. The molecule has 0 unspecified atom stereocenters. The molecule has 0 spiro atoms.